The van der Waals surface area contributed by atoms with Gasteiger partial charge in [-0.05, 0) is 35.3 Å². The zero-order valence-corrected chi connectivity index (χ0v) is 16.5. The normalized spacial score (nSPS) is 15.4. The number of para-hydroxylation sites is 1. The van der Waals surface area contributed by atoms with Gasteiger partial charge in [0, 0.05) is 50.7 Å². The zero-order chi connectivity index (χ0) is 19.9. The standard InChI is InChI=1S/C22H28N4O2/c1-17(2)19-7-9-20(23-15-19)16-25-11-13-26(14-12-25)21-6-4-3-5-18(21)8-10-22(27)24-28/h3-10,15,17,28H,11-14,16H2,1-2H3,(H,24,27)/b10-8+. The van der Waals surface area contributed by atoms with Crippen molar-refractivity contribution in [2.45, 2.75) is 26.3 Å². The lowest BCUT2D eigenvalue weighted by Crippen LogP contribution is -2.46. The van der Waals surface area contributed by atoms with Crippen LogP contribution in [0.4, 0.5) is 5.69 Å². The summed E-state index contributed by atoms with van der Waals surface area (Å²) in [6.07, 6.45) is 5.05. The van der Waals surface area contributed by atoms with E-state index in [1.165, 1.54) is 11.6 Å². The second kappa shape index (κ2) is 9.48. The molecule has 0 bridgehead atoms. The summed E-state index contributed by atoms with van der Waals surface area (Å²) in [5.74, 6) is -0.0294. The summed E-state index contributed by atoms with van der Waals surface area (Å²) in [7, 11) is 0. The molecule has 6 heteroatoms. The molecule has 0 atom stereocenters. The first-order valence-corrected chi connectivity index (χ1v) is 9.70. The van der Waals surface area contributed by atoms with Crippen LogP contribution in [0, 0.1) is 0 Å². The average molecular weight is 380 g/mol. The molecule has 2 heterocycles. The van der Waals surface area contributed by atoms with Gasteiger partial charge in [-0.25, -0.2) is 5.48 Å². The van der Waals surface area contributed by atoms with Crippen LogP contribution in [0.3, 0.4) is 0 Å². The number of carbonyl (C=O) groups is 1. The summed E-state index contributed by atoms with van der Waals surface area (Å²) in [4.78, 5) is 20.6. The van der Waals surface area contributed by atoms with E-state index in [0.29, 0.717) is 5.92 Å². The van der Waals surface area contributed by atoms with Crippen molar-refractivity contribution >= 4 is 17.7 Å². The number of hydrogen-bond acceptors (Lipinski definition) is 5. The van der Waals surface area contributed by atoms with E-state index < -0.39 is 5.91 Å². The third kappa shape index (κ3) is 5.18. The Balaban J connectivity index is 1.60. The van der Waals surface area contributed by atoms with Crippen molar-refractivity contribution in [3.63, 3.8) is 0 Å². The highest BCUT2D eigenvalue weighted by atomic mass is 16.5. The monoisotopic (exact) mass is 380 g/mol. The summed E-state index contributed by atoms with van der Waals surface area (Å²) < 4.78 is 0. The Bertz CT molecular complexity index is 810. The number of benzene rings is 1. The summed E-state index contributed by atoms with van der Waals surface area (Å²) >= 11 is 0. The molecule has 6 nitrogen and oxygen atoms in total. The van der Waals surface area contributed by atoms with Gasteiger partial charge in [-0.15, -0.1) is 0 Å². The van der Waals surface area contributed by atoms with Crippen LogP contribution in [-0.2, 0) is 11.3 Å². The lowest BCUT2D eigenvalue weighted by Gasteiger charge is -2.36. The molecule has 3 rings (SSSR count). The molecule has 1 aromatic heterocycles. The molecule has 1 aromatic carbocycles. The number of nitrogens with one attached hydrogen (secondary N) is 1. The van der Waals surface area contributed by atoms with Gasteiger partial charge >= 0.3 is 0 Å². The van der Waals surface area contributed by atoms with E-state index in [0.717, 1.165) is 49.7 Å². The zero-order valence-electron chi connectivity index (χ0n) is 16.5. The Hall–Kier alpha value is -2.70. The predicted octanol–water partition coefficient (Wildman–Crippen LogP) is 3.05. The van der Waals surface area contributed by atoms with E-state index in [1.807, 2.05) is 24.4 Å². The number of aromatic nitrogens is 1. The first-order valence-electron chi connectivity index (χ1n) is 9.70. The maximum absolute atomic E-state index is 11.3. The van der Waals surface area contributed by atoms with E-state index >= 15 is 0 Å². The van der Waals surface area contributed by atoms with Crippen LogP contribution < -0.4 is 10.4 Å². The summed E-state index contributed by atoms with van der Waals surface area (Å²) in [6.45, 7) is 8.98. The fourth-order valence-corrected chi connectivity index (χ4v) is 3.37. The van der Waals surface area contributed by atoms with Gasteiger partial charge in [0.05, 0.1) is 5.69 Å². The van der Waals surface area contributed by atoms with Crippen molar-refractivity contribution in [3.8, 4) is 0 Å². The third-order valence-electron chi connectivity index (χ3n) is 5.07. The quantitative estimate of drug-likeness (QED) is 0.458. The summed E-state index contributed by atoms with van der Waals surface area (Å²) in [5.41, 5.74) is 6.06. The van der Waals surface area contributed by atoms with E-state index in [2.05, 4.69) is 46.8 Å². The maximum atomic E-state index is 11.3. The van der Waals surface area contributed by atoms with E-state index in [1.54, 1.807) is 11.6 Å². The number of hydrogen-bond donors (Lipinski definition) is 2. The molecule has 28 heavy (non-hydrogen) atoms. The van der Waals surface area contributed by atoms with Crippen molar-refractivity contribution in [3.05, 3.63) is 65.5 Å². The first-order chi connectivity index (χ1) is 13.6. The smallest absolute Gasteiger partial charge is 0.267 e. The van der Waals surface area contributed by atoms with Gasteiger partial charge in [0.15, 0.2) is 0 Å². The van der Waals surface area contributed by atoms with Crippen LogP contribution in [0.1, 0.15) is 36.6 Å². The minimum atomic E-state index is -0.532. The van der Waals surface area contributed by atoms with Crippen LogP contribution in [0.25, 0.3) is 6.08 Å². The number of rotatable bonds is 6. The fraction of sp³-hybridized carbons (Fsp3) is 0.364. The predicted molar refractivity (Wildman–Crippen MR) is 111 cm³/mol. The van der Waals surface area contributed by atoms with Crippen molar-refractivity contribution in [1.82, 2.24) is 15.4 Å². The molecule has 0 radical (unpaired) electrons. The molecule has 1 aliphatic heterocycles. The number of amides is 1. The molecular weight excluding hydrogens is 352 g/mol. The summed E-state index contributed by atoms with van der Waals surface area (Å²) in [5, 5.41) is 8.65. The Morgan fingerprint density at radius 2 is 1.93 bits per heavy atom. The molecule has 0 unspecified atom stereocenters. The van der Waals surface area contributed by atoms with Crippen LogP contribution in [0.2, 0.25) is 0 Å². The van der Waals surface area contributed by atoms with Crippen molar-refractivity contribution in [2.75, 3.05) is 31.1 Å². The largest absolute Gasteiger partial charge is 0.368 e. The van der Waals surface area contributed by atoms with Gasteiger partial charge in [-0.2, -0.15) is 0 Å². The van der Waals surface area contributed by atoms with Crippen LogP contribution >= 0.6 is 0 Å². The van der Waals surface area contributed by atoms with Crippen molar-refractivity contribution < 1.29 is 10.0 Å². The van der Waals surface area contributed by atoms with Gasteiger partial charge < -0.3 is 4.90 Å². The highest BCUT2D eigenvalue weighted by molar-refractivity contribution is 5.91. The van der Waals surface area contributed by atoms with Crippen LogP contribution in [-0.4, -0.2) is 47.2 Å². The second-order valence-electron chi connectivity index (χ2n) is 7.37. The molecule has 2 N–H and O–H groups in total. The lowest BCUT2D eigenvalue weighted by molar-refractivity contribution is -0.124. The molecule has 1 saturated heterocycles. The minimum Gasteiger partial charge on any atom is -0.368 e. The molecule has 148 valence electrons. The molecule has 1 amide bonds. The van der Waals surface area contributed by atoms with Gasteiger partial charge in [-0.3, -0.25) is 19.9 Å². The fourth-order valence-electron chi connectivity index (χ4n) is 3.37. The number of hydroxylamine groups is 1. The van der Waals surface area contributed by atoms with Gasteiger partial charge in [0.2, 0.25) is 0 Å². The molecule has 1 fully saturated rings. The number of pyridine rings is 1. The molecular formula is C22H28N4O2. The number of nitrogens with zero attached hydrogens (tertiary/aromatic N) is 3. The molecule has 0 aliphatic carbocycles. The SMILES string of the molecule is CC(C)c1ccc(CN2CCN(c3ccccc3/C=C/C(=O)NO)CC2)nc1. The lowest BCUT2D eigenvalue weighted by atomic mass is 10.1. The van der Waals surface area contributed by atoms with E-state index in [4.69, 9.17) is 5.21 Å². The Labute approximate surface area is 166 Å². The Morgan fingerprint density at radius 3 is 2.57 bits per heavy atom. The second-order valence-corrected chi connectivity index (χ2v) is 7.37. The van der Waals surface area contributed by atoms with E-state index in [9.17, 15) is 4.79 Å². The Kier molecular flexibility index (Phi) is 6.79. The summed E-state index contributed by atoms with van der Waals surface area (Å²) in [6, 6.07) is 12.3. The minimum absolute atomic E-state index is 0.502. The number of piperazine rings is 1. The maximum Gasteiger partial charge on any atom is 0.267 e. The van der Waals surface area contributed by atoms with Gasteiger partial charge in [0.25, 0.3) is 5.91 Å². The van der Waals surface area contributed by atoms with Gasteiger partial charge in [-0.1, -0.05) is 38.1 Å². The van der Waals surface area contributed by atoms with Crippen LogP contribution in [0.5, 0.6) is 0 Å². The molecule has 0 spiro atoms. The van der Waals surface area contributed by atoms with Crippen LogP contribution in [0.15, 0.2) is 48.7 Å². The first kappa shape index (κ1) is 20.0. The van der Waals surface area contributed by atoms with Crippen molar-refractivity contribution in [1.29, 1.82) is 0 Å². The molecule has 1 aliphatic rings. The highest BCUT2D eigenvalue weighted by Gasteiger charge is 2.19. The van der Waals surface area contributed by atoms with E-state index in [-0.39, 0.29) is 0 Å². The Morgan fingerprint density at radius 1 is 1.18 bits per heavy atom. The average Bonchev–Trinajstić information content (AvgIpc) is 2.73. The van der Waals surface area contributed by atoms with Gasteiger partial charge in [0.1, 0.15) is 0 Å². The topological polar surface area (TPSA) is 68.7 Å². The molecule has 0 saturated carbocycles. The highest BCUT2D eigenvalue weighted by Crippen LogP contribution is 2.23. The molecule has 2 aromatic rings. The number of carbonyl (C=O) groups excluding carboxylic acids is 1. The van der Waals surface area contributed by atoms with Crippen molar-refractivity contribution in [2.24, 2.45) is 0 Å². The number of anilines is 1. The third-order valence-corrected chi connectivity index (χ3v) is 5.07.